The van der Waals surface area contributed by atoms with E-state index < -0.39 is 34.4 Å². The molecule has 2 saturated heterocycles. The van der Waals surface area contributed by atoms with Gasteiger partial charge in [0.1, 0.15) is 0 Å². The van der Waals surface area contributed by atoms with E-state index in [0.29, 0.717) is 18.0 Å². The minimum absolute atomic E-state index is 0.245. The number of urea groups is 1. The highest BCUT2D eigenvalue weighted by molar-refractivity contribution is 7.80. The van der Waals surface area contributed by atoms with Crippen LogP contribution in [0.3, 0.4) is 0 Å². The molecule has 122 valence electrons. The van der Waals surface area contributed by atoms with Gasteiger partial charge in [0.05, 0.1) is 18.0 Å². The fourth-order valence-electron chi connectivity index (χ4n) is 2.68. The standard InChI is InChI=1S/C10H15N5O6S/c1-5(11)8-12-13-9(20-8)6-2-3-14-4-7(6)15(10(14)16)21-22(17,18)19/h5-7H,2-4,11H2,1H3,(H,17,18,19)/t5-,6-,7+/m1/s1. The van der Waals surface area contributed by atoms with Gasteiger partial charge in [-0.25, -0.2) is 4.79 Å². The van der Waals surface area contributed by atoms with Crippen LogP contribution in [-0.4, -0.2) is 58.3 Å². The molecule has 22 heavy (non-hydrogen) atoms. The van der Waals surface area contributed by atoms with Crippen molar-refractivity contribution in [2.24, 2.45) is 5.73 Å². The lowest BCUT2D eigenvalue weighted by atomic mass is 9.93. The van der Waals surface area contributed by atoms with Crippen molar-refractivity contribution in [2.75, 3.05) is 13.1 Å². The van der Waals surface area contributed by atoms with Crippen LogP contribution in [0.2, 0.25) is 0 Å². The van der Waals surface area contributed by atoms with Crippen LogP contribution in [0.25, 0.3) is 0 Å². The van der Waals surface area contributed by atoms with Gasteiger partial charge in [0.25, 0.3) is 0 Å². The van der Waals surface area contributed by atoms with Crippen molar-refractivity contribution in [2.45, 2.75) is 31.3 Å². The zero-order valence-corrected chi connectivity index (χ0v) is 12.4. The van der Waals surface area contributed by atoms with Crippen LogP contribution in [0.15, 0.2) is 4.42 Å². The first kappa shape index (κ1) is 15.1. The third-order valence-corrected chi connectivity index (χ3v) is 4.03. The van der Waals surface area contributed by atoms with E-state index in [9.17, 15) is 13.2 Å². The number of fused-ring (bicyclic) bond motifs is 2. The second-order valence-corrected chi connectivity index (χ2v) is 6.29. The summed E-state index contributed by atoms with van der Waals surface area (Å²) in [6, 6.07) is -1.71. The van der Waals surface area contributed by atoms with E-state index in [0.717, 1.165) is 0 Å². The number of amides is 2. The van der Waals surface area contributed by atoms with Crippen molar-refractivity contribution in [3.63, 3.8) is 0 Å². The number of hydrogen-bond donors (Lipinski definition) is 2. The molecule has 2 fully saturated rings. The molecule has 0 unspecified atom stereocenters. The van der Waals surface area contributed by atoms with Gasteiger partial charge in [-0.1, -0.05) is 0 Å². The Morgan fingerprint density at radius 3 is 2.82 bits per heavy atom. The zero-order valence-electron chi connectivity index (χ0n) is 11.6. The van der Waals surface area contributed by atoms with Crippen LogP contribution in [0.4, 0.5) is 4.79 Å². The Morgan fingerprint density at radius 2 is 2.23 bits per heavy atom. The number of aromatic nitrogens is 2. The van der Waals surface area contributed by atoms with E-state index in [1.54, 1.807) is 6.92 Å². The monoisotopic (exact) mass is 333 g/mol. The molecule has 11 nitrogen and oxygen atoms in total. The molecule has 2 amide bonds. The number of carbonyl (C=O) groups is 1. The van der Waals surface area contributed by atoms with E-state index in [1.165, 1.54) is 4.90 Å². The molecule has 3 atom stereocenters. The molecule has 1 aromatic rings. The van der Waals surface area contributed by atoms with Crippen molar-refractivity contribution < 1.29 is 26.5 Å². The van der Waals surface area contributed by atoms with E-state index in [2.05, 4.69) is 14.5 Å². The van der Waals surface area contributed by atoms with Crippen molar-refractivity contribution in [3.05, 3.63) is 11.8 Å². The summed E-state index contributed by atoms with van der Waals surface area (Å²) in [4.78, 5) is 13.4. The normalized spacial score (nSPS) is 26.6. The van der Waals surface area contributed by atoms with E-state index in [1.807, 2.05) is 0 Å². The number of nitrogens with zero attached hydrogens (tertiary/aromatic N) is 4. The maximum Gasteiger partial charge on any atom is 0.418 e. The predicted octanol–water partition coefficient (Wildman–Crippen LogP) is -0.583. The topological polar surface area (TPSA) is 152 Å². The molecule has 0 aliphatic carbocycles. The van der Waals surface area contributed by atoms with Gasteiger partial charge in [-0.05, 0) is 13.3 Å². The highest BCUT2D eigenvalue weighted by Crippen LogP contribution is 2.37. The number of hydrogen-bond acceptors (Lipinski definition) is 8. The number of carbonyl (C=O) groups excluding carboxylic acids is 1. The first-order chi connectivity index (χ1) is 10.3. The Labute approximate surface area is 125 Å². The maximum atomic E-state index is 12.0. The van der Waals surface area contributed by atoms with Crippen LogP contribution < -0.4 is 5.73 Å². The van der Waals surface area contributed by atoms with Gasteiger partial charge in [0, 0.05) is 13.1 Å². The molecule has 3 N–H and O–H groups in total. The van der Waals surface area contributed by atoms with Crippen LogP contribution in [-0.2, 0) is 14.7 Å². The fourth-order valence-corrected chi connectivity index (χ4v) is 3.06. The zero-order chi connectivity index (χ0) is 16.1. The third-order valence-electron chi connectivity index (χ3n) is 3.68. The second kappa shape index (κ2) is 5.15. The van der Waals surface area contributed by atoms with Crippen molar-refractivity contribution in [1.82, 2.24) is 20.2 Å². The van der Waals surface area contributed by atoms with Gasteiger partial charge in [-0.3, -0.25) is 4.55 Å². The average molecular weight is 333 g/mol. The van der Waals surface area contributed by atoms with Crippen LogP contribution in [0.1, 0.15) is 37.1 Å². The van der Waals surface area contributed by atoms with E-state index in [4.69, 9.17) is 14.7 Å². The first-order valence-corrected chi connectivity index (χ1v) is 7.97. The highest BCUT2D eigenvalue weighted by atomic mass is 32.3. The quantitative estimate of drug-likeness (QED) is 0.689. The predicted molar refractivity (Wildman–Crippen MR) is 69.5 cm³/mol. The van der Waals surface area contributed by atoms with Gasteiger partial charge >= 0.3 is 16.4 Å². The highest BCUT2D eigenvalue weighted by Gasteiger charge is 2.50. The van der Waals surface area contributed by atoms with Gasteiger partial charge < -0.3 is 15.1 Å². The summed E-state index contributed by atoms with van der Waals surface area (Å²) in [6.45, 7) is 2.32. The van der Waals surface area contributed by atoms with Crippen LogP contribution in [0.5, 0.6) is 0 Å². The molecule has 3 heterocycles. The Bertz CT molecular complexity index is 688. The molecular weight excluding hydrogens is 318 g/mol. The molecule has 2 aliphatic rings. The first-order valence-electron chi connectivity index (χ1n) is 6.60. The minimum atomic E-state index is -4.80. The van der Waals surface area contributed by atoms with Gasteiger partial charge in [-0.2, -0.15) is 13.5 Å². The Morgan fingerprint density at radius 1 is 1.50 bits per heavy atom. The Kier molecular flexibility index (Phi) is 3.55. The number of nitrogens with two attached hydrogens (primary N) is 1. The summed E-state index contributed by atoms with van der Waals surface area (Å²) in [6.07, 6.45) is 0.502. The number of rotatable bonds is 4. The third kappa shape index (κ3) is 2.65. The molecule has 1 aromatic heterocycles. The lowest BCUT2D eigenvalue weighted by Crippen LogP contribution is -2.39. The summed E-state index contributed by atoms with van der Waals surface area (Å²) < 4.78 is 40.5. The Hall–Kier alpha value is -1.76. The summed E-state index contributed by atoms with van der Waals surface area (Å²) in [7, 11) is -4.80. The lowest BCUT2D eigenvalue weighted by Gasteiger charge is -2.27. The molecule has 0 radical (unpaired) electrons. The van der Waals surface area contributed by atoms with E-state index >= 15 is 0 Å². The van der Waals surface area contributed by atoms with Crippen molar-refractivity contribution in [1.29, 1.82) is 0 Å². The largest absolute Gasteiger partial charge is 0.423 e. The van der Waals surface area contributed by atoms with Crippen molar-refractivity contribution >= 4 is 16.4 Å². The van der Waals surface area contributed by atoms with Crippen LogP contribution in [0, 0.1) is 0 Å². The van der Waals surface area contributed by atoms with Gasteiger partial charge in [0.2, 0.25) is 11.8 Å². The Balaban J connectivity index is 1.88. The minimum Gasteiger partial charge on any atom is -0.423 e. The summed E-state index contributed by atoms with van der Waals surface area (Å²) in [5.41, 5.74) is 5.66. The summed E-state index contributed by atoms with van der Waals surface area (Å²) in [5.74, 6) is 0.115. The van der Waals surface area contributed by atoms with Gasteiger partial charge in [-0.15, -0.1) is 14.5 Å². The molecule has 2 aliphatic heterocycles. The van der Waals surface area contributed by atoms with Crippen LogP contribution >= 0.6 is 0 Å². The summed E-state index contributed by atoms with van der Waals surface area (Å²) in [5, 5.41) is 8.38. The second-order valence-electron chi connectivity index (χ2n) is 5.29. The number of piperidine rings is 1. The fraction of sp³-hybridized carbons (Fsp3) is 0.700. The molecule has 3 rings (SSSR count). The molecule has 2 bridgehead atoms. The molecule has 0 saturated carbocycles. The molecule has 0 aromatic carbocycles. The average Bonchev–Trinajstić information content (AvgIpc) is 2.99. The van der Waals surface area contributed by atoms with E-state index in [-0.39, 0.29) is 18.3 Å². The SMILES string of the molecule is C[C@@H](N)c1nnc([C@@H]2CCN3C[C@@H]2N(OS(=O)(=O)O)C3=O)o1. The summed E-state index contributed by atoms with van der Waals surface area (Å²) >= 11 is 0. The molecule has 12 heteroatoms. The number of hydroxylamine groups is 2. The lowest BCUT2D eigenvalue weighted by molar-refractivity contribution is -0.0393. The maximum absolute atomic E-state index is 12.0. The smallest absolute Gasteiger partial charge is 0.418 e. The molecule has 0 spiro atoms. The van der Waals surface area contributed by atoms with Gasteiger partial charge in [0.15, 0.2) is 0 Å². The molecular formula is C10H15N5O6S. The van der Waals surface area contributed by atoms with Crippen molar-refractivity contribution in [3.8, 4) is 0 Å².